The molecule has 0 saturated carbocycles. The van der Waals surface area contributed by atoms with Gasteiger partial charge < -0.3 is 9.64 Å². The third-order valence-electron chi connectivity index (χ3n) is 3.23. The van der Waals surface area contributed by atoms with Gasteiger partial charge in [-0.3, -0.25) is 4.98 Å². The van der Waals surface area contributed by atoms with Crippen LogP contribution in [0.15, 0.2) is 30.5 Å². The Kier molecular flexibility index (Phi) is 3.93. The van der Waals surface area contributed by atoms with E-state index in [0.29, 0.717) is 32.0 Å². The van der Waals surface area contributed by atoms with Crippen molar-refractivity contribution < 1.29 is 17.9 Å². The highest BCUT2D eigenvalue weighted by Gasteiger charge is 2.34. The number of alkyl halides is 3. The number of hydrogen-bond acceptors (Lipinski definition) is 5. The highest BCUT2D eigenvalue weighted by atomic mass is 19.4. The first-order chi connectivity index (χ1) is 10.5. The summed E-state index contributed by atoms with van der Waals surface area (Å²) in [4.78, 5) is 13.6. The lowest BCUT2D eigenvalue weighted by Gasteiger charge is -2.28. The van der Waals surface area contributed by atoms with Crippen LogP contribution in [0.1, 0.15) is 5.69 Å². The first-order valence-corrected chi connectivity index (χ1v) is 6.74. The Morgan fingerprint density at radius 3 is 2.50 bits per heavy atom. The van der Waals surface area contributed by atoms with Crippen LogP contribution in [0.25, 0.3) is 11.5 Å². The van der Waals surface area contributed by atoms with Gasteiger partial charge in [0.1, 0.15) is 11.5 Å². The van der Waals surface area contributed by atoms with Crippen LogP contribution in [0.2, 0.25) is 0 Å². The Hall–Kier alpha value is -2.22. The molecule has 1 fully saturated rings. The second-order valence-corrected chi connectivity index (χ2v) is 4.75. The Bertz CT molecular complexity index is 642. The molecule has 0 aromatic carbocycles. The van der Waals surface area contributed by atoms with E-state index in [9.17, 15) is 13.2 Å². The number of ether oxygens (including phenoxy) is 1. The molecule has 0 radical (unpaired) electrons. The average Bonchev–Trinajstić information content (AvgIpc) is 2.55. The predicted molar refractivity (Wildman–Crippen MR) is 73.3 cm³/mol. The van der Waals surface area contributed by atoms with Gasteiger partial charge >= 0.3 is 6.18 Å². The minimum atomic E-state index is -4.53. The predicted octanol–water partition coefficient (Wildman–Crippen LogP) is 2.39. The second kappa shape index (κ2) is 5.88. The Morgan fingerprint density at radius 2 is 1.86 bits per heavy atom. The molecule has 1 aliphatic heterocycles. The van der Waals surface area contributed by atoms with Gasteiger partial charge in [-0.25, -0.2) is 9.97 Å². The molecule has 3 heterocycles. The van der Waals surface area contributed by atoms with Crippen molar-refractivity contribution in [2.45, 2.75) is 6.18 Å². The molecule has 1 saturated heterocycles. The van der Waals surface area contributed by atoms with Gasteiger partial charge in [0.2, 0.25) is 0 Å². The third-order valence-corrected chi connectivity index (χ3v) is 3.23. The fourth-order valence-corrected chi connectivity index (χ4v) is 2.14. The number of nitrogens with zero attached hydrogens (tertiary/aromatic N) is 4. The molecule has 1 aliphatic rings. The number of morpholine rings is 1. The first kappa shape index (κ1) is 14.7. The zero-order valence-electron chi connectivity index (χ0n) is 11.5. The van der Waals surface area contributed by atoms with Crippen LogP contribution in [-0.4, -0.2) is 41.3 Å². The molecule has 0 atom stereocenters. The van der Waals surface area contributed by atoms with Crippen LogP contribution < -0.4 is 4.90 Å². The maximum absolute atomic E-state index is 13.1. The monoisotopic (exact) mass is 310 g/mol. The summed E-state index contributed by atoms with van der Waals surface area (Å²) >= 11 is 0. The van der Waals surface area contributed by atoms with E-state index in [1.54, 1.807) is 23.1 Å². The summed E-state index contributed by atoms with van der Waals surface area (Å²) in [7, 11) is 0. The maximum Gasteiger partial charge on any atom is 0.433 e. The van der Waals surface area contributed by atoms with Gasteiger partial charge in [0.25, 0.3) is 0 Å². The van der Waals surface area contributed by atoms with E-state index in [1.165, 1.54) is 6.20 Å². The van der Waals surface area contributed by atoms with E-state index in [4.69, 9.17) is 4.74 Å². The lowest BCUT2D eigenvalue weighted by atomic mass is 10.3. The van der Waals surface area contributed by atoms with Crippen molar-refractivity contribution in [2.24, 2.45) is 0 Å². The van der Waals surface area contributed by atoms with Crippen molar-refractivity contribution in [1.82, 2.24) is 15.0 Å². The van der Waals surface area contributed by atoms with Crippen molar-refractivity contribution in [1.29, 1.82) is 0 Å². The largest absolute Gasteiger partial charge is 0.433 e. The SMILES string of the molecule is FC(F)(F)c1cc(N2CCOCC2)nc(-c2ccccn2)n1. The summed E-state index contributed by atoms with van der Waals surface area (Å²) in [5, 5.41) is 0. The van der Waals surface area contributed by atoms with Crippen molar-refractivity contribution in [2.75, 3.05) is 31.2 Å². The molecule has 0 aliphatic carbocycles. The quantitative estimate of drug-likeness (QED) is 0.852. The molecular weight excluding hydrogens is 297 g/mol. The molecule has 2 aromatic heterocycles. The van der Waals surface area contributed by atoms with Crippen LogP contribution in [0.4, 0.5) is 19.0 Å². The maximum atomic E-state index is 13.1. The fourth-order valence-electron chi connectivity index (χ4n) is 2.14. The van der Waals surface area contributed by atoms with E-state index >= 15 is 0 Å². The van der Waals surface area contributed by atoms with Gasteiger partial charge in [0.05, 0.1) is 13.2 Å². The van der Waals surface area contributed by atoms with E-state index in [0.717, 1.165) is 6.07 Å². The number of anilines is 1. The smallest absolute Gasteiger partial charge is 0.378 e. The molecule has 0 spiro atoms. The first-order valence-electron chi connectivity index (χ1n) is 6.74. The van der Waals surface area contributed by atoms with Crippen LogP contribution in [-0.2, 0) is 10.9 Å². The van der Waals surface area contributed by atoms with Crippen LogP contribution in [0.3, 0.4) is 0 Å². The molecular formula is C14H13F3N4O. The molecule has 0 N–H and O–H groups in total. The van der Waals surface area contributed by atoms with Gasteiger partial charge in [0.15, 0.2) is 11.5 Å². The second-order valence-electron chi connectivity index (χ2n) is 4.75. The molecule has 0 unspecified atom stereocenters. The molecule has 5 nitrogen and oxygen atoms in total. The van der Waals surface area contributed by atoms with Gasteiger partial charge in [-0.1, -0.05) is 6.07 Å². The highest BCUT2D eigenvalue weighted by molar-refractivity contribution is 5.54. The lowest BCUT2D eigenvalue weighted by molar-refractivity contribution is -0.141. The number of hydrogen-bond donors (Lipinski definition) is 0. The van der Waals surface area contributed by atoms with Crippen molar-refractivity contribution >= 4 is 5.82 Å². The zero-order chi connectivity index (χ0) is 15.6. The molecule has 2 aromatic rings. The van der Waals surface area contributed by atoms with Crippen LogP contribution in [0, 0.1) is 0 Å². The normalized spacial score (nSPS) is 15.9. The molecule has 8 heteroatoms. The third kappa shape index (κ3) is 3.16. The van der Waals surface area contributed by atoms with E-state index in [-0.39, 0.29) is 11.6 Å². The molecule has 116 valence electrons. The van der Waals surface area contributed by atoms with Gasteiger partial charge in [-0.05, 0) is 12.1 Å². The van der Waals surface area contributed by atoms with E-state index < -0.39 is 11.9 Å². The highest BCUT2D eigenvalue weighted by Crippen LogP contribution is 2.31. The Balaban J connectivity index is 2.06. The average molecular weight is 310 g/mol. The molecule has 0 amide bonds. The summed E-state index contributed by atoms with van der Waals surface area (Å²) < 4.78 is 44.4. The molecule has 0 bridgehead atoms. The van der Waals surface area contributed by atoms with Crippen LogP contribution in [0.5, 0.6) is 0 Å². The van der Waals surface area contributed by atoms with E-state index in [2.05, 4.69) is 15.0 Å². The number of pyridine rings is 1. The standard InChI is InChI=1S/C14H13F3N4O/c15-14(16,17)11-9-12(21-5-7-22-8-6-21)20-13(19-11)10-3-1-2-4-18-10/h1-4,9H,5-8H2. The Labute approximate surface area is 124 Å². The number of halogens is 3. The Morgan fingerprint density at radius 1 is 1.09 bits per heavy atom. The molecule has 22 heavy (non-hydrogen) atoms. The summed E-state index contributed by atoms with van der Waals surface area (Å²) in [6.45, 7) is 1.92. The van der Waals surface area contributed by atoms with Gasteiger partial charge in [0, 0.05) is 25.4 Å². The summed E-state index contributed by atoms with van der Waals surface area (Å²) in [5.74, 6) is 0.211. The minimum absolute atomic E-state index is 0.0306. The van der Waals surface area contributed by atoms with Gasteiger partial charge in [-0.2, -0.15) is 13.2 Å². The number of aromatic nitrogens is 3. The summed E-state index contributed by atoms with van der Waals surface area (Å²) in [5.41, 5.74) is -0.659. The minimum Gasteiger partial charge on any atom is -0.378 e. The topological polar surface area (TPSA) is 51.1 Å². The van der Waals surface area contributed by atoms with E-state index in [1.807, 2.05) is 0 Å². The zero-order valence-corrected chi connectivity index (χ0v) is 11.5. The van der Waals surface area contributed by atoms with Crippen molar-refractivity contribution in [3.8, 4) is 11.5 Å². The fraction of sp³-hybridized carbons (Fsp3) is 0.357. The van der Waals surface area contributed by atoms with Gasteiger partial charge in [-0.15, -0.1) is 0 Å². The summed E-state index contributed by atoms with van der Waals surface area (Å²) in [6.07, 6.45) is -3.04. The van der Waals surface area contributed by atoms with Crippen molar-refractivity contribution in [3.05, 3.63) is 36.2 Å². The summed E-state index contributed by atoms with van der Waals surface area (Å²) in [6, 6.07) is 5.91. The van der Waals surface area contributed by atoms with Crippen LogP contribution >= 0.6 is 0 Å². The lowest BCUT2D eigenvalue weighted by Crippen LogP contribution is -2.37. The molecule has 3 rings (SSSR count). The van der Waals surface area contributed by atoms with Crippen molar-refractivity contribution in [3.63, 3.8) is 0 Å². The number of rotatable bonds is 2.